The van der Waals surface area contributed by atoms with Gasteiger partial charge in [-0.1, -0.05) is 18.9 Å². The molecule has 1 aliphatic heterocycles. The Hall–Kier alpha value is -2.04. The number of aromatic carboxylic acids is 1. The lowest BCUT2D eigenvalue weighted by Gasteiger charge is -2.29. The number of carbonyl (C=O) groups excluding carboxylic acids is 1. The first-order chi connectivity index (χ1) is 9.53. The molecule has 3 rings (SSSR count). The van der Waals surface area contributed by atoms with Gasteiger partial charge in [-0.05, 0) is 25.0 Å². The third-order valence-electron chi connectivity index (χ3n) is 4.50. The molecule has 1 fully saturated rings. The maximum atomic E-state index is 12.6. The summed E-state index contributed by atoms with van der Waals surface area (Å²) in [5.41, 5.74) is 0.986. The second kappa shape index (κ2) is 4.51. The first-order valence-electron chi connectivity index (χ1n) is 6.92. The van der Waals surface area contributed by atoms with E-state index in [1.165, 1.54) is 6.07 Å². The average molecular weight is 274 g/mol. The molecule has 20 heavy (non-hydrogen) atoms. The van der Waals surface area contributed by atoms with Gasteiger partial charge in [0.2, 0.25) is 5.91 Å². The van der Waals surface area contributed by atoms with Crippen LogP contribution in [0.2, 0.25) is 0 Å². The maximum Gasteiger partial charge on any atom is 0.337 e. The molecule has 1 saturated carbocycles. The van der Waals surface area contributed by atoms with Crippen molar-refractivity contribution in [1.82, 2.24) is 0 Å². The predicted octanol–water partition coefficient (Wildman–Crippen LogP) is 2.33. The number of nitrogens with one attached hydrogen (secondary N) is 1. The van der Waals surface area contributed by atoms with E-state index < -0.39 is 5.97 Å². The van der Waals surface area contributed by atoms with Crippen molar-refractivity contribution in [1.29, 1.82) is 0 Å². The molecule has 1 aromatic rings. The van der Waals surface area contributed by atoms with E-state index in [4.69, 9.17) is 0 Å². The number of para-hydroxylation sites is 1. The zero-order valence-corrected chi connectivity index (χ0v) is 11.5. The second-order valence-corrected chi connectivity index (χ2v) is 5.80. The second-order valence-electron chi connectivity index (χ2n) is 5.80. The molecule has 0 bridgehead atoms. The van der Waals surface area contributed by atoms with Crippen LogP contribution in [0.3, 0.4) is 0 Å². The molecule has 1 aliphatic carbocycles. The van der Waals surface area contributed by atoms with Crippen molar-refractivity contribution in [2.24, 2.45) is 5.41 Å². The van der Waals surface area contributed by atoms with Gasteiger partial charge in [-0.25, -0.2) is 4.79 Å². The van der Waals surface area contributed by atoms with Crippen molar-refractivity contribution < 1.29 is 14.7 Å². The van der Waals surface area contributed by atoms with Crippen LogP contribution in [0.5, 0.6) is 0 Å². The summed E-state index contributed by atoms with van der Waals surface area (Å²) in [5, 5.41) is 12.2. The summed E-state index contributed by atoms with van der Waals surface area (Å²) in [7, 11) is 1.92. The number of hydrogen-bond donors (Lipinski definition) is 2. The average Bonchev–Trinajstić information content (AvgIpc) is 2.84. The molecule has 0 aromatic heterocycles. The van der Waals surface area contributed by atoms with Crippen LogP contribution in [0, 0.1) is 5.41 Å². The van der Waals surface area contributed by atoms with Crippen LogP contribution < -0.4 is 10.2 Å². The van der Waals surface area contributed by atoms with E-state index in [9.17, 15) is 14.7 Å². The highest BCUT2D eigenvalue weighted by molar-refractivity contribution is 6.07. The summed E-state index contributed by atoms with van der Waals surface area (Å²) in [5.74, 6) is -1.05. The van der Waals surface area contributed by atoms with Crippen molar-refractivity contribution in [3.05, 3.63) is 23.8 Å². The molecule has 1 heterocycles. The summed E-state index contributed by atoms with van der Waals surface area (Å²) >= 11 is 0. The molecule has 5 heteroatoms. The fourth-order valence-electron chi connectivity index (χ4n) is 3.46. The molecule has 106 valence electrons. The Morgan fingerprint density at radius 3 is 2.70 bits per heavy atom. The highest BCUT2D eigenvalue weighted by Gasteiger charge is 2.44. The monoisotopic (exact) mass is 274 g/mol. The third-order valence-corrected chi connectivity index (χ3v) is 4.50. The molecular weight excluding hydrogens is 256 g/mol. The number of carbonyl (C=O) groups is 2. The Bertz CT molecular complexity index is 576. The fraction of sp³-hybridized carbons (Fsp3) is 0.467. The summed E-state index contributed by atoms with van der Waals surface area (Å²) < 4.78 is 0. The van der Waals surface area contributed by atoms with Crippen LogP contribution in [0.1, 0.15) is 36.0 Å². The van der Waals surface area contributed by atoms with Gasteiger partial charge in [-0.2, -0.15) is 0 Å². The standard InChI is InChI=1S/C15H18N2O3/c1-17-9-15(7-2-3-8-15)14(20)16-12-10(13(18)19)5-4-6-11(12)17/h4-6H,2-3,7-9H2,1H3,(H,16,20)(H,18,19). The minimum absolute atomic E-state index is 0.0331. The smallest absolute Gasteiger partial charge is 0.337 e. The molecule has 1 amide bonds. The summed E-state index contributed by atoms with van der Waals surface area (Å²) in [4.78, 5) is 25.9. The molecule has 0 atom stereocenters. The molecule has 5 nitrogen and oxygen atoms in total. The Balaban J connectivity index is 2.09. The lowest BCUT2D eigenvalue weighted by Crippen LogP contribution is -2.40. The fourth-order valence-corrected chi connectivity index (χ4v) is 3.46. The largest absolute Gasteiger partial charge is 0.478 e. The lowest BCUT2D eigenvalue weighted by atomic mass is 9.85. The summed E-state index contributed by atoms with van der Waals surface area (Å²) in [6, 6.07) is 5.11. The summed E-state index contributed by atoms with van der Waals surface area (Å²) in [6.07, 6.45) is 3.87. The predicted molar refractivity (Wildman–Crippen MR) is 76.2 cm³/mol. The molecule has 0 saturated heterocycles. The van der Waals surface area contributed by atoms with Gasteiger partial charge in [0, 0.05) is 13.6 Å². The minimum atomic E-state index is -1.02. The van der Waals surface area contributed by atoms with E-state index in [1.54, 1.807) is 6.07 Å². The van der Waals surface area contributed by atoms with Crippen molar-refractivity contribution in [3.8, 4) is 0 Å². The lowest BCUT2D eigenvalue weighted by molar-refractivity contribution is -0.124. The number of carboxylic acids is 1. The van der Waals surface area contributed by atoms with Crippen LogP contribution >= 0.6 is 0 Å². The molecule has 1 spiro atoms. The number of amides is 1. The topological polar surface area (TPSA) is 69.6 Å². The third kappa shape index (κ3) is 1.85. The number of nitrogens with zero attached hydrogens (tertiary/aromatic N) is 1. The van der Waals surface area contributed by atoms with Gasteiger partial charge in [0.25, 0.3) is 0 Å². The van der Waals surface area contributed by atoms with Crippen LogP contribution in [0.25, 0.3) is 0 Å². The number of fused-ring (bicyclic) bond motifs is 1. The van der Waals surface area contributed by atoms with E-state index in [-0.39, 0.29) is 16.9 Å². The van der Waals surface area contributed by atoms with Gasteiger partial charge < -0.3 is 15.3 Å². The van der Waals surface area contributed by atoms with Gasteiger partial charge in [0.15, 0.2) is 0 Å². The van der Waals surface area contributed by atoms with Crippen LogP contribution in [0.15, 0.2) is 18.2 Å². The molecule has 2 aliphatic rings. The normalized spacial score (nSPS) is 20.4. The minimum Gasteiger partial charge on any atom is -0.478 e. The molecule has 2 N–H and O–H groups in total. The first-order valence-corrected chi connectivity index (χ1v) is 6.92. The van der Waals surface area contributed by atoms with Crippen molar-refractivity contribution in [2.45, 2.75) is 25.7 Å². The number of anilines is 2. The number of carboxylic acid groups (broad SMARTS) is 1. The molecule has 0 radical (unpaired) electrons. The van der Waals surface area contributed by atoms with Crippen LogP contribution in [-0.4, -0.2) is 30.6 Å². The number of rotatable bonds is 1. The van der Waals surface area contributed by atoms with Crippen LogP contribution in [-0.2, 0) is 4.79 Å². The van der Waals surface area contributed by atoms with E-state index in [0.717, 1.165) is 31.4 Å². The molecule has 1 aromatic carbocycles. The van der Waals surface area contributed by atoms with Crippen molar-refractivity contribution in [2.75, 3.05) is 23.8 Å². The summed E-state index contributed by atoms with van der Waals surface area (Å²) in [6.45, 7) is 0.648. The van der Waals surface area contributed by atoms with Crippen LogP contribution in [0.4, 0.5) is 11.4 Å². The first kappa shape index (κ1) is 13.0. The zero-order valence-electron chi connectivity index (χ0n) is 11.5. The van der Waals surface area contributed by atoms with E-state index in [1.807, 2.05) is 18.0 Å². The van der Waals surface area contributed by atoms with Gasteiger partial charge in [0.05, 0.1) is 22.4 Å². The van der Waals surface area contributed by atoms with E-state index in [2.05, 4.69) is 5.32 Å². The Morgan fingerprint density at radius 1 is 1.35 bits per heavy atom. The van der Waals surface area contributed by atoms with Gasteiger partial charge in [-0.3, -0.25) is 4.79 Å². The zero-order chi connectivity index (χ0) is 14.3. The van der Waals surface area contributed by atoms with Gasteiger partial charge >= 0.3 is 5.97 Å². The number of benzene rings is 1. The van der Waals surface area contributed by atoms with E-state index >= 15 is 0 Å². The van der Waals surface area contributed by atoms with E-state index in [0.29, 0.717) is 12.2 Å². The Kier molecular flexibility index (Phi) is 2.92. The van der Waals surface area contributed by atoms with Gasteiger partial charge in [-0.15, -0.1) is 0 Å². The molecule has 0 unspecified atom stereocenters. The van der Waals surface area contributed by atoms with Crippen molar-refractivity contribution >= 4 is 23.3 Å². The highest BCUT2D eigenvalue weighted by atomic mass is 16.4. The Labute approximate surface area is 117 Å². The van der Waals surface area contributed by atoms with Gasteiger partial charge in [0.1, 0.15) is 0 Å². The number of hydrogen-bond acceptors (Lipinski definition) is 3. The Morgan fingerprint density at radius 2 is 2.05 bits per heavy atom. The quantitative estimate of drug-likeness (QED) is 0.824. The highest BCUT2D eigenvalue weighted by Crippen LogP contribution is 2.44. The molecular formula is C15H18N2O3. The SMILES string of the molecule is CN1CC2(CCCC2)C(=O)Nc2c(C(=O)O)cccc21. The van der Waals surface area contributed by atoms with Crippen molar-refractivity contribution in [3.63, 3.8) is 0 Å². The maximum absolute atomic E-state index is 12.6.